The average molecular weight is 359 g/mol. The van der Waals surface area contributed by atoms with Crippen molar-refractivity contribution in [1.29, 1.82) is 0 Å². The van der Waals surface area contributed by atoms with Crippen LogP contribution >= 0.6 is 0 Å². The molecular formula is C20H21N7. The van der Waals surface area contributed by atoms with Gasteiger partial charge in [0.25, 0.3) is 0 Å². The maximum atomic E-state index is 4.87. The number of fused-ring (bicyclic) bond motifs is 1. The predicted molar refractivity (Wildman–Crippen MR) is 104 cm³/mol. The maximum absolute atomic E-state index is 4.87. The van der Waals surface area contributed by atoms with Gasteiger partial charge in [-0.3, -0.25) is 14.8 Å². The van der Waals surface area contributed by atoms with Crippen LogP contribution in [0.15, 0.2) is 42.7 Å². The summed E-state index contributed by atoms with van der Waals surface area (Å²) in [6, 6.07) is 10.1. The molecule has 5 rings (SSSR count). The van der Waals surface area contributed by atoms with Crippen LogP contribution in [0.2, 0.25) is 0 Å². The largest absolute Gasteiger partial charge is 0.316 e. The third kappa shape index (κ3) is 2.90. The van der Waals surface area contributed by atoms with Crippen LogP contribution in [0, 0.1) is 0 Å². The fourth-order valence-corrected chi connectivity index (χ4v) is 3.83. The first-order valence-corrected chi connectivity index (χ1v) is 9.30. The Morgan fingerprint density at radius 2 is 2.00 bits per heavy atom. The highest BCUT2D eigenvalue weighted by Crippen LogP contribution is 2.30. The molecule has 1 aliphatic rings. The molecule has 0 radical (unpaired) electrons. The predicted octanol–water partition coefficient (Wildman–Crippen LogP) is 2.89. The summed E-state index contributed by atoms with van der Waals surface area (Å²) in [6.07, 6.45) is 5.91. The highest BCUT2D eigenvalue weighted by atomic mass is 15.3. The zero-order valence-corrected chi connectivity index (χ0v) is 15.2. The Labute approximate surface area is 156 Å². The van der Waals surface area contributed by atoms with Gasteiger partial charge in [0.1, 0.15) is 11.5 Å². The number of nitrogens with one attached hydrogen (secondary N) is 2. The number of piperidine rings is 1. The van der Waals surface area contributed by atoms with Crippen molar-refractivity contribution in [2.24, 2.45) is 7.05 Å². The number of aromatic amines is 1. The summed E-state index contributed by atoms with van der Waals surface area (Å²) < 4.78 is 1.93. The number of hydrogen-bond acceptors (Lipinski definition) is 5. The van der Waals surface area contributed by atoms with Crippen LogP contribution in [0.1, 0.15) is 24.6 Å². The van der Waals surface area contributed by atoms with Gasteiger partial charge < -0.3 is 5.32 Å². The zero-order chi connectivity index (χ0) is 18.2. The lowest BCUT2D eigenvalue weighted by molar-refractivity contribution is 0.434. The SMILES string of the molecule is Cn1nc(-c2ccc3[nH]nc(-c4ccncc4)c3c2)nc1[C@@H]1CCCNC1. The molecule has 0 spiro atoms. The van der Waals surface area contributed by atoms with Crippen LogP contribution in [0.5, 0.6) is 0 Å². The third-order valence-electron chi connectivity index (χ3n) is 5.23. The number of nitrogens with zero attached hydrogens (tertiary/aromatic N) is 5. The number of pyridine rings is 1. The average Bonchev–Trinajstić information content (AvgIpc) is 3.32. The van der Waals surface area contributed by atoms with E-state index in [1.54, 1.807) is 12.4 Å². The minimum atomic E-state index is 0.426. The quantitative estimate of drug-likeness (QED) is 0.588. The molecule has 1 aromatic carbocycles. The fraction of sp³-hybridized carbons (Fsp3) is 0.300. The lowest BCUT2D eigenvalue weighted by atomic mass is 9.99. The highest BCUT2D eigenvalue weighted by Gasteiger charge is 2.22. The summed E-state index contributed by atoms with van der Waals surface area (Å²) >= 11 is 0. The van der Waals surface area contributed by atoms with Gasteiger partial charge >= 0.3 is 0 Å². The molecular weight excluding hydrogens is 338 g/mol. The lowest BCUT2D eigenvalue weighted by Gasteiger charge is -2.21. The van der Waals surface area contributed by atoms with E-state index < -0.39 is 0 Å². The first-order valence-electron chi connectivity index (χ1n) is 9.30. The van der Waals surface area contributed by atoms with E-state index >= 15 is 0 Å². The normalized spacial score (nSPS) is 17.4. The molecule has 0 bridgehead atoms. The molecule has 4 heterocycles. The van der Waals surface area contributed by atoms with Crippen molar-refractivity contribution in [2.45, 2.75) is 18.8 Å². The fourth-order valence-electron chi connectivity index (χ4n) is 3.83. The van der Waals surface area contributed by atoms with Crippen molar-refractivity contribution in [2.75, 3.05) is 13.1 Å². The minimum Gasteiger partial charge on any atom is -0.316 e. The minimum absolute atomic E-state index is 0.426. The molecule has 4 aromatic rings. The van der Waals surface area contributed by atoms with Crippen LogP contribution in [0.25, 0.3) is 33.5 Å². The Morgan fingerprint density at radius 1 is 1.11 bits per heavy atom. The summed E-state index contributed by atoms with van der Waals surface area (Å²) in [5, 5.41) is 16.8. The second-order valence-corrected chi connectivity index (χ2v) is 7.03. The number of hydrogen-bond donors (Lipinski definition) is 2. The third-order valence-corrected chi connectivity index (χ3v) is 5.23. The van der Waals surface area contributed by atoms with Gasteiger partial charge in [0.2, 0.25) is 0 Å². The highest BCUT2D eigenvalue weighted by molar-refractivity contribution is 5.95. The van der Waals surface area contributed by atoms with E-state index in [9.17, 15) is 0 Å². The molecule has 0 unspecified atom stereocenters. The van der Waals surface area contributed by atoms with Gasteiger partial charge in [0.05, 0.1) is 5.52 Å². The Bertz CT molecular complexity index is 1070. The number of benzene rings is 1. The first kappa shape index (κ1) is 16.1. The Hall–Kier alpha value is -3.06. The summed E-state index contributed by atoms with van der Waals surface area (Å²) in [5.74, 6) is 2.25. The van der Waals surface area contributed by atoms with E-state index in [1.807, 2.05) is 29.9 Å². The standard InChI is InChI=1S/C20H21N7/c1-27-20(15-3-2-8-22-12-15)23-19(26-27)14-4-5-17-16(11-14)18(25-24-17)13-6-9-21-10-7-13/h4-7,9-11,15,22H,2-3,8,12H2,1H3,(H,24,25)/t15-/m1/s1. The van der Waals surface area contributed by atoms with Gasteiger partial charge in [-0.05, 0) is 49.7 Å². The van der Waals surface area contributed by atoms with Gasteiger partial charge in [0, 0.05) is 48.4 Å². The second kappa shape index (κ2) is 6.59. The number of aryl methyl sites for hydroxylation is 1. The summed E-state index contributed by atoms with van der Waals surface area (Å²) in [4.78, 5) is 8.96. The second-order valence-electron chi connectivity index (χ2n) is 7.03. The van der Waals surface area contributed by atoms with E-state index in [0.717, 1.165) is 58.9 Å². The van der Waals surface area contributed by atoms with E-state index in [1.165, 1.54) is 6.42 Å². The first-order chi connectivity index (χ1) is 13.3. The van der Waals surface area contributed by atoms with Crippen LogP contribution in [0.4, 0.5) is 0 Å². The topological polar surface area (TPSA) is 84.3 Å². The number of H-pyrrole nitrogens is 1. The van der Waals surface area contributed by atoms with Crippen LogP contribution in [-0.2, 0) is 7.05 Å². The molecule has 0 saturated carbocycles. The smallest absolute Gasteiger partial charge is 0.181 e. The van der Waals surface area contributed by atoms with Gasteiger partial charge in [-0.25, -0.2) is 4.98 Å². The van der Waals surface area contributed by atoms with Crippen LogP contribution < -0.4 is 5.32 Å². The number of rotatable bonds is 3. The number of aromatic nitrogens is 6. The Morgan fingerprint density at radius 3 is 2.81 bits per heavy atom. The van der Waals surface area contributed by atoms with E-state index in [-0.39, 0.29) is 0 Å². The van der Waals surface area contributed by atoms with Gasteiger partial charge in [0.15, 0.2) is 5.82 Å². The maximum Gasteiger partial charge on any atom is 0.181 e. The van der Waals surface area contributed by atoms with Crippen LogP contribution in [0.3, 0.4) is 0 Å². The van der Waals surface area contributed by atoms with Gasteiger partial charge in [-0.1, -0.05) is 0 Å². The molecule has 7 heteroatoms. The Balaban J connectivity index is 1.56. The van der Waals surface area contributed by atoms with Crippen molar-refractivity contribution in [3.8, 4) is 22.6 Å². The van der Waals surface area contributed by atoms with Gasteiger partial charge in [-0.15, -0.1) is 0 Å². The van der Waals surface area contributed by atoms with E-state index in [0.29, 0.717) is 5.92 Å². The molecule has 1 atom stereocenters. The summed E-state index contributed by atoms with van der Waals surface area (Å²) in [6.45, 7) is 2.06. The van der Waals surface area contributed by atoms with Crippen molar-refractivity contribution in [1.82, 2.24) is 35.3 Å². The molecule has 136 valence electrons. The van der Waals surface area contributed by atoms with Crippen molar-refractivity contribution in [3.05, 3.63) is 48.5 Å². The molecule has 1 fully saturated rings. The summed E-state index contributed by atoms with van der Waals surface area (Å²) in [5.41, 5.74) is 3.96. The van der Waals surface area contributed by atoms with Crippen molar-refractivity contribution >= 4 is 10.9 Å². The van der Waals surface area contributed by atoms with E-state index in [4.69, 9.17) is 4.98 Å². The molecule has 27 heavy (non-hydrogen) atoms. The van der Waals surface area contributed by atoms with Crippen molar-refractivity contribution < 1.29 is 0 Å². The molecule has 0 aliphatic carbocycles. The molecule has 7 nitrogen and oxygen atoms in total. The molecule has 3 aromatic heterocycles. The lowest BCUT2D eigenvalue weighted by Crippen LogP contribution is -2.29. The molecule has 1 aliphatic heterocycles. The summed E-state index contributed by atoms with van der Waals surface area (Å²) in [7, 11) is 1.99. The monoisotopic (exact) mass is 359 g/mol. The molecule has 2 N–H and O–H groups in total. The Kier molecular flexibility index (Phi) is 3.94. The van der Waals surface area contributed by atoms with Gasteiger partial charge in [-0.2, -0.15) is 10.2 Å². The van der Waals surface area contributed by atoms with Crippen molar-refractivity contribution in [3.63, 3.8) is 0 Å². The van der Waals surface area contributed by atoms with E-state index in [2.05, 4.69) is 37.7 Å². The molecule has 1 saturated heterocycles. The van der Waals surface area contributed by atoms with Crippen LogP contribution in [-0.4, -0.2) is 43.0 Å². The zero-order valence-electron chi connectivity index (χ0n) is 15.2. The molecule has 0 amide bonds.